The molecule has 1 atom stereocenters. The predicted octanol–water partition coefficient (Wildman–Crippen LogP) is 3.01. The zero-order valence-electron chi connectivity index (χ0n) is 19.5. The summed E-state index contributed by atoms with van der Waals surface area (Å²) < 4.78 is 6.56. The van der Waals surface area contributed by atoms with Crippen LogP contribution < -0.4 is 20.3 Å². The van der Waals surface area contributed by atoms with Crippen LogP contribution in [0.4, 0.5) is 17.1 Å². The van der Waals surface area contributed by atoms with Gasteiger partial charge in [0.15, 0.2) is 0 Å². The zero-order valence-corrected chi connectivity index (χ0v) is 19.5. The van der Waals surface area contributed by atoms with Crippen molar-refractivity contribution in [3.05, 3.63) is 66.0 Å². The quantitative estimate of drug-likeness (QED) is 0.549. The molecule has 9 heteroatoms. The van der Waals surface area contributed by atoms with Crippen molar-refractivity contribution < 1.29 is 19.1 Å². The lowest BCUT2D eigenvalue weighted by molar-refractivity contribution is -0.122. The molecule has 1 unspecified atom stereocenters. The van der Waals surface area contributed by atoms with Crippen molar-refractivity contribution in [2.75, 3.05) is 29.2 Å². The van der Waals surface area contributed by atoms with E-state index in [4.69, 9.17) is 4.74 Å². The summed E-state index contributed by atoms with van der Waals surface area (Å²) in [6.45, 7) is 0.345. The Hall–Kier alpha value is -4.14. The van der Waals surface area contributed by atoms with E-state index >= 15 is 0 Å². The van der Waals surface area contributed by atoms with Gasteiger partial charge in [-0.2, -0.15) is 5.10 Å². The molecule has 1 aliphatic carbocycles. The van der Waals surface area contributed by atoms with Crippen LogP contribution >= 0.6 is 0 Å². The van der Waals surface area contributed by atoms with Gasteiger partial charge in [-0.05, 0) is 66.8 Å². The number of benzene rings is 2. The Balaban J connectivity index is 1.15. The third-order valence-corrected chi connectivity index (χ3v) is 6.47. The van der Waals surface area contributed by atoms with Crippen molar-refractivity contribution in [3.8, 4) is 5.75 Å². The van der Waals surface area contributed by atoms with Crippen LogP contribution in [0.25, 0.3) is 0 Å². The summed E-state index contributed by atoms with van der Waals surface area (Å²) in [7, 11) is 1.58. The van der Waals surface area contributed by atoms with Gasteiger partial charge in [-0.1, -0.05) is 6.07 Å². The van der Waals surface area contributed by atoms with Crippen LogP contribution in [0.2, 0.25) is 0 Å². The van der Waals surface area contributed by atoms with Gasteiger partial charge in [0.25, 0.3) is 0 Å². The van der Waals surface area contributed by atoms with E-state index in [1.165, 1.54) is 22.0 Å². The molecule has 0 spiro atoms. The molecule has 3 aromatic rings. The van der Waals surface area contributed by atoms with Crippen molar-refractivity contribution in [2.24, 2.45) is 5.92 Å². The van der Waals surface area contributed by atoms with Gasteiger partial charge in [0.2, 0.25) is 17.7 Å². The molecule has 2 aliphatic rings. The molecule has 0 saturated carbocycles. The molecule has 2 heterocycles. The van der Waals surface area contributed by atoms with Gasteiger partial charge in [-0.15, -0.1) is 0 Å². The first-order chi connectivity index (χ1) is 17.0. The topological polar surface area (TPSA) is 106 Å². The van der Waals surface area contributed by atoms with Gasteiger partial charge in [0.05, 0.1) is 24.9 Å². The lowest BCUT2D eigenvalue weighted by Gasteiger charge is -2.18. The first-order valence-corrected chi connectivity index (χ1v) is 11.7. The highest BCUT2D eigenvalue weighted by Gasteiger charge is 2.35. The van der Waals surface area contributed by atoms with E-state index in [1.54, 1.807) is 42.5 Å². The predicted molar refractivity (Wildman–Crippen MR) is 131 cm³/mol. The van der Waals surface area contributed by atoms with Crippen LogP contribution in [-0.2, 0) is 33.8 Å². The standard InChI is InChI=1S/C26H27N5O4/c1-35-23-9-6-20(7-10-23)28-24(32)16-30-15-21(13-27-30)29-26(34)19-12-25(33)31(14-19)22-8-5-17-3-2-4-18(17)11-22/h5-11,13,15,19H,2-4,12,14,16H2,1H3,(H,28,32)(H,29,34). The second-order valence-electron chi connectivity index (χ2n) is 8.90. The first kappa shape index (κ1) is 22.6. The van der Waals surface area contributed by atoms with Crippen molar-refractivity contribution in [1.82, 2.24) is 9.78 Å². The molecule has 0 radical (unpaired) electrons. The van der Waals surface area contributed by atoms with E-state index in [0.29, 0.717) is 23.7 Å². The highest BCUT2D eigenvalue weighted by Crippen LogP contribution is 2.31. The number of aromatic nitrogens is 2. The summed E-state index contributed by atoms with van der Waals surface area (Å²) in [4.78, 5) is 39.5. The van der Waals surface area contributed by atoms with Crippen molar-refractivity contribution in [1.29, 1.82) is 0 Å². The van der Waals surface area contributed by atoms with Gasteiger partial charge < -0.3 is 20.3 Å². The third kappa shape index (κ3) is 5.03. The number of ether oxygens (including phenoxy) is 1. The smallest absolute Gasteiger partial charge is 0.246 e. The van der Waals surface area contributed by atoms with Gasteiger partial charge >= 0.3 is 0 Å². The Morgan fingerprint density at radius 2 is 1.86 bits per heavy atom. The van der Waals surface area contributed by atoms with Crippen molar-refractivity contribution in [3.63, 3.8) is 0 Å². The maximum absolute atomic E-state index is 12.8. The van der Waals surface area contributed by atoms with E-state index in [2.05, 4.69) is 27.9 Å². The number of carbonyl (C=O) groups is 3. The highest BCUT2D eigenvalue weighted by atomic mass is 16.5. The van der Waals surface area contributed by atoms with Gasteiger partial charge in [-0.3, -0.25) is 19.1 Å². The SMILES string of the molecule is COc1ccc(NC(=O)Cn2cc(NC(=O)C3CC(=O)N(c4ccc5c(c4)CCC5)C3)cn2)cc1. The molecular formula is C26H27N5O4. The Morgan fingerprint density at radius 3 is 2.66 bits per heavy atom. The minimum absolute atomic E-state index is 0.00405. The molecule has 9 nitrogen and oxygen atoms in total. The molecule has 35 heavy (non-hydrogen) atoms. The number of fused-ring (bicyclic) bond motifs is 1. The minimum atomic E-state index is -0.447. The van der Waals surface area contributed by atoms with E-state index < -0.39 is 5.92 Å². The number of methoxy groups -OCH3 is 1. The number of hydrogen-bond acceptors (Lipinski definition) is 5. The largest absolute Gasteiger partial charge is 0.497 e. The number of amides is 3. The molecule has 1 aliphatic heterocycles. The number of nitrogens with one attached hydrogen (secondary N) is 2. The first-order valence-electron chi connectivity index (χ1n) is 11.7. The second-order valence-corrected chi connectivity index (χ2v) is 8.90. The fourth-order valence-corrected chi connectivity index (χ4v) is 4.64. The summed E-state index contributed by atoms with van der Waals surface area (Å²) in [6, 6.07) is 13.2. The average molecular weight is 474 g/mol. The molecular weight excluding hydrogens is 446 g/mol. The van der Waals surface area contributed by atoms with E-state index in [-0.39, 0.29) is 30.7 Å². The molecule has 1 saturated heterocycles. The molecule has 1 fully saturated rings. The average Bonchev–Trinajstić information content (AvgIpc) is 3.59. The summed E-state index contributed by atoms with van der Waals surface area (Å²) in [6.07, 6.45) is 6.53. The maximum atomic E-state index is 12.8. The Labute approximate surface area is 203 Å². The monoisotopic (exact) mass is 473 g/mol. The molecule has 5 rings (SSSR count). The van der Waals surface area contributed by atoms with Crippen LogP contribution in [0.5, 0.6) is 5.75 Å². The molecule has 180 valence electrons. The van der Waals surface area contributed by atoms with E-state index in [9.17, 15) is 14.4 Å². The van der Waals surface area contributed by atoms with Crippen molar-refractivity contribution in [2.45, 2.75) is 32.2 Å². The lowest BCUT2D eigenvalue weighted by atomic mass is 10.1. The van der Waals surface area contributed by atoms with Crippen LogP contribution in [0.15, 0.2) is 54.9 Å². The lowest BCUT2D eigenvalue weighted by Crippen LogP contribution is -2.28. The molecule has 2 aromatic carbocycles. The third-order valence-electron chi connectivity index (χ3n) is 6.47. The maximum Gasteiger partial charge on any atom is 0.246 e. The molecule has 3 amide bonds. The Bertz CT molecular complexity index is 1270. The Morgan fingerprint density at radius 1 is 1.06 bits per heavy atom. The van der Waals surface area contributed by atoms with Crippen LogP contribution in [0.1, 0.15) is 24.0 Å². The Kier molecular flexibility index (Phi) is 6.22. The number of anilines is 3. The molecule has 2 N–H and O–H groups in total. The number of nitrogens with zero attached hydrogens (tertiary/aromatic N) is 3. The number of hydrogen-bond donors (Lipinski definition) is 2. The second kappa shape index (κ2) is 9.61. The summed E-state index contributed by atoms with van der Waals surface area (Å²) in [5.41, 5.74) is 4.64. The van der Waals surface area contributed by atoms with Crippen LogP contribution in [-0.4, -0.2) is 41.2 Å². The molecule has 0 bridgehead atoms. The minimum Gasteiger partial charge on any atom is -0.497 e. The normalized spacial score (nSPS) is 16.8. The number of carbonyl (C=O) groups excluding carboxylic acids is 3. The summed E-state index contributed by atoms with van der Waals surface area (Å²) >= 11 is 0. The van der Waals surface area contributed by atoms with Crippen molar-refractivity contribution >= 4 is 34.8 Å². The van der Waals surface area contributed by atoms with Crippen LogP contribution in [0, 0.1) is 5.92 Å². The summed E-state index contributed by atoms with van der Waals surface area (Å²) in [5, 5.41) is 9.78. The van der Waals surface area contributed by atoms with Gasteiger partial charge in [0.1, 0.15) is 12.3 Å². The zero-order chi connectivity index (χ0) is 24.4. The number of rotatable bonds is 7. The fourth-order valence-electron chi connectivity index (χ4n) is 4.64. The van der Waals surface area contributed by atoms with Gasteiger partial charge in [-0.25, -0.2) is 0 Å². The van der Waals surface area contributed by atoms with E-state index in [1.807, 2.05) is 6.07 Å². The van der Waals surface area contributed by atoms with Crippen LogP contribution in [0.3, 0.4) is 0 Å². The fraction of sp³-hybridized carbons (Fsp3) is 0.308. The highest BCUT2D eigenvalue weighted by molar-refractivity contribution is 6.03. The van der Waals surface area contributed by atoms with Gasteiger partial charge in [0, 0.05) is 30.5 Å². The molecule has 1 aromatic heterocycles. The number of aryl methyl sites for hydroxylation is 2. The summed E-state index contributed by atoms with van der Waals surface area (Å²) in [5.74, 6) is -0.270. The van der Waals surface area contributed by atoms with E-state index in [0.717, 1.165) is 24.9 Å².